The molecule has 0 aliphatic carbocycles. The normalized spacial score (nSPS) is 15.8. The summed E-state index contributed by atoms with van der Waals surface area (Å²) in [6.45, 7) is 7.71. The molecule has 1 aliphatic heterocycles. The maximum absolute atomic E-state index is 5.41. The van der Waals surface area contributed by atoms with Crippen molar-refractivity contribution in [3.63, 3.8) is 0 Å². The lowest BCUT2D eigenvalue weighted by Crippen LogP contribution is -2.45. The molecule has 0 radical (unpaired) electrons. The summed E-state index contributed by atoms with van der Waals surface area (Å²) in [7, 11) is 3.49. The molecule has 0 aromatic carbocycles. The summed E-state index contributed by atoms with van der Waals surface area (Å²) in [6.07, 6.45) is 4.40. The SMILES string of the molecule is CN=C(NCc1ccnc(N2CCCC2)c1)NCC(C)(C)OC. The van der Waals surface area contributed by atoms with Crippen LogP contribution in [-0.2, 0) is 11.3 Å². The Kier molecular flexibility index (Phi) is 6.21. The summed E-state index contributed by atoms with van der Waals surface area (Å²) in [5.41, 5.74) is 0.980. The predicted octanol–water partition coefficient (Wildman–Crippen LogP) is 1.77. The molecule has 0 saturated carbocycles. The number of hydrogen-bond donors (Lipinski definition) is 2. The van der Waals surface area contributed by atoms with Crippen LogP contribution in [0.25, 0.3) is 0 Å². The first-order chi connectivity index (χ1) is 11.0. The molecule has 128 valence electrons. The van der Waals surface area contributed by atoms with Gasteiger partial charge in [0, 0.05) is 46.5 Å². The Morgan fingerprint density at radius 1 is 1.35 bits per heavy atom. The fraction of sp³-hybridized carbons (Fsp3) is 0.647. The highest BCUT2D eigenvalue weighted by molar-refractivity contribution is 5.79. The van der Waals surface area contributed by atoms with E-state index in [1.165, 1.54) is 18.4 Å². The van der Waals surface area contributed by atoms with Gasteiger partial charge >= 0.3 is 0 Å². The summed E-state index contributed by atoms with van der Waals surface area (Å²) in [5.74, 6) is 1.85. The lowest BCUT2D eigenvalue weighted by Gasteiger charge is -2.24. The van der Waals surface area contributed by atoms with Crippen molar-refractivity contribution in [2.45, 2.75) is 38.8 Å². The van der Waals surface area contributed by atoms with Gasteiger partial charge in [-0.2, -0.15) is 0 Å². The third kappa shape index (κ3) is 5.39. The molecule has 0 atom stereocenters. The van der Waals surface area contributed by atoms with Gasteiger partial charge in [-0.25, -0.2) is 4.98 Å². The van der Waals surface area contributed by atoms with Crippen LogP contribution in [0, 0.1) is 0 Å². The third-order valence-corrected chi connectivity index (χ3v) is 4.16. The number of guanidine groups is 1. The Morgan fingerprint density at radius 3 is 2.74 bits per heavy atom. The zero-order chi connectivity index (χ0) is 16.7. The van der Waals surface area contributed by atoms with Crippen molar-refractivity contribution in [1.29, 1.82) is 0 Å². The van der Waals surface area contributed by atoms with Gasteiger partial charge in [0.05, 0.1) is 5.60 Å². The number of methoxy groups -OCH3 is 1. The van der Waals surface area contributed by atoms with Crippen molar-refractivity contribution in [3.05, 3.63) is 23.9 Å². The molecule has 1 aromatic heterocycles. The zero-order valence-corrected chi connectivity index (χ0v) is 14.7. The molecular weight excluding hydrogens is 290 g/mol. The number of anilines is 1. The van der Waals surface area contributed by atoms with Gasteiger partial charge in [-0.15, -0.1) is 0 Å². The number of pyridine rings is 1. The molecule has 6 nitrogen and oxygen atoms in total. The Hall–Kier alpha value is -1.82. The van der Waals surface area contributed by atoms with E-state index in [-0.39, 0.29) is 5.60 Å². The molecule has 23 heavy (non-hydrogen) atoms. The number of ether oxygens (including phenoxy) is 1. The minimum absolute atomic E-state index is 0.225. The molecule has 1 aromatic rings. The van der Waals surface area contributed by atoms with Crippen LogP contribution in [0.15, 0.2) is 23.3 Å². The van der Waals surface area contributed by atoms with Gasteiger partial charge in [-0.1, -0.05) is 0 Å². The van der Waals surface area contributed by atoms with E-state index in [4.69, 9.17) is 4.74 Å². The molecule has 1 aliphatic rings. The number of hydrogen-bond acceptors (Lipinski definition) is 4. The van der Waals surface area contributed by atoms with Crippen LogP contribution in [0.3, 0.4) is 0 Å². The molecule has 2 rings (SSSR count). The van der Waals surface area contributed by atoms with E-state index in [9.17, 15) is 0 Å². The standard InChI is InChI=1S/C17H29N5O/c1-17(2,23-4)13-21-16(18-3)20-12-14-7-8-19-15(11-14)22-9-5-6-10-22/h7-8,11H,5-6,9-10,12-13H2,1-4H3,(H2,18,20,21). The summed E-state index contributed by atoms with van der Waals surface area (Å²) < 4.78 is 5.41. The molecule has 1 fully saturated rings. The smallest absolute Gasteiger partial charge is 0.191 e. The van der Waals surface area contributed by atoms with Crippen molar-refractivity contribution in [1.82, 2.24) is 15.6 Å². The number of rotatable bonds is 6. The van der Waals surface area contributed by atoms with E-state index in [1.54, 1.807) is 14.2 Å². The lowest BCUT2D eigenvalue weighted by atomic mass is 10.1. The maximum Gasteiger partial charge on any atom is 0.191 e. The largest absolute Gasteiger partial charge is 0.377 e. The molecule has 0 bridgehead atoms. The Morgan fingerprint density at radius 2 is 2.09 bits per heavy atom. The van der Waals surface area contributed by atoms with E-state index in [0.717, 1.165) is 31.4 Å². The van der Waals surface area contributed by atoms with Gasteiger partial charge in [0.2, 0.25) is 0 Å². The molecule has 0 amide bonds. The van der Waals surface area contributed by atoms with Gasteiger partial charge in [-0.3, -0.25) is 4.99 Å². The zero-order valence-electron chi connectivity index (χ0n) is 14.7. The highest BCUT2D eigenvalue weighted by atomic mass is 16.5. The topological polar surface area (TPSA) is 61.8 Å². The van der Waals surface area contributed by atoms with E-state index >= 15 is 0 Å². The van der Waals surface area contributed by atoms with Crippen LogP contribution in [0.1, 0.15) is 32.3 Å². The summed E-state index contributed by atoms with van der Waals surface area (Å²) >= 11 is 0. The van der Waals surface area contributed by atoms with Crippen LogP contribution in [-0.4, -0.2) is 50.3 Å². The highest BCUT2D eigenvalue weighted by Gasteiger charge is 2.17. The molecular formula is C17H29N5O. The van der Waals surface area contributed by atoms with Gasteiger partial charge in [-0.05, 0) is 44.4 Å². The van der Waals surface area contributed by atoms with Crippen LogP contribution in [0.5, 0.6) is 0 Å². The first kappa shape index (κ1) is 17.5. The first-order valence-electron chi connectivity index (χ1n) is 8.23. The molecule has 2 heterocycles. The highest BCUT2D eigenvalue weighted by Crippen LogP contribution is 2.18. The monoisotopic (exact) mass is 319 g/mol. The maximum atomic E-state index is 5.41. The van der Waals surface area contributed by atoms with Gasteiger partial charge in [0.1, 0.15) is 5.82 Å². The van der Waals surface area contributed by atoms with E-state index < -0.39 is 0 Å². The average Bonchev–Trinajstić information content (AvgIpc) is 3.10. The Balaban J connectivity index is 1.87. The van der Waals surface area contributed by atoms with Crippen LogP contribution >= 0.6 is 0 Å². The second kappa shape index (κ2) is 8.15. The van der Waals surface area contributed by atoms with E-state index in [1.807, 2.05) is 26.1 Å². The molecule has 0 spiro atoms. The molecule has 1 saturated heterocycles. The van der Waals surface area contributed by atoms with E-state index in [0.29, 0.717) is 6.54 Å². The second-order valence-electron chi connectivity index (χ2n) is 6.46. The third-order valence-electron chi connectivity index (χ3n) is 4.16. The van der Waals surface area contributed by atoms with Crippen LogP contribution in [0.4, 0.5) is 5.82 Å². The summed E-state index contributed by atoms with van der Waals surface area (Å²) in [4.78, 5) is 11.1. The first-order valence-corrected chi connectivity index (χ1v) is 8.23. The van der Waals surface area contributed by atoms with Crippen LogP contribution in [0.2, 0.25) is 0 Å². The van der Waals surface area contributed by atoms with Crippen molar-refractivity contribution in [3.8, 4) is 0 Å². The van der Waals surface area contributed by atoms with Crippen molar-refractivity contribution < 1.29 is 4.74 Å². The number of aromatic nitrogens is 1. The second-order valence-corrected chi connectivity index (χ2v) is 6.46. The quantitative estimate of drug-likeness (QED) is 0.618. The molecule has 0 unspecified atom stereocenters. The predicted molar refractivity (Wildman–Crippen MR) is 95.0 cm³/mol. The minimum Gasteiger partial charge on any atom is -0.377 e. The van der Waals surface area contributed by atoms with Crippen molar-refractivity contribution in [2.24, 2.45) is 4.99 Å². The lowest BCUT2D eigenvalue weighted by molar-refractivity contribution is 0.0268. The fourth-order valence-electron chi connectivity index (χ4n) is 2.46. The fourth-order valence-corrected chi connectivity index (χ4v) is 2.46. The number of nitrogens with one attached hydrogen (secondary N) is 2. The average molecular weight is 319 g/mol. The van der Waals surface area contributed by atoms with Gasteiger partial charge < -0.3 is 20.3 Å². The molecule has 6 heteroatoms. The summed E-state index contributed by atoms with van der Waals surface area (Å²) in [5, 5.41) is 6.63. The summed E-state index contributed by atoms with van der Waals surface area (Å²) in [6, 6.07) is 4.20. The van der Waals surface area contributed by atoms with Crippen molar-refractivity contribution in [2.75, 3.05) is 38.7 Å². The van der Waals surface area contributed by atoms with Crippen molar-refractivity contribution >= 4 is 11.8 Å². The minimum atomic E-state index is -0.225. The number of nitrogens with zero attached hydrogens (tertiary/aromatic N) is 3. The number of aliphatic imine (C=N–C) groups is 1. The van der Waals surface area contributed by atoms with Gasteiger partial charge in [0.15, 0.2) is 5.96 Å². The Bertz CT molecular complexity index is 523. The van der Waals surface area contributed by atoms with E-state index in [2.05, 4.69) is 31.6 Å². The van der Waals surface area contributed by atoms with Crippen LogP contribution < -0.4 is 15.5 Å². The Labute approximate surface area is 139 Å². The molecule has 2 N–H and O–H groups in total. The van der Waals surface area contributed by atoms with Gasteiger partial charge in [0.25, 0.3) is 0 Å².